The van der Waals surface area contributed by atoms with Crippen LogP contribution in [-0.2, 0) is 13.0 Å². The van der Waals surface area contributed by atoms with Crippen LogP contribution in [-0.4, -0.2) is 43.3 Å². The van der Waals surface area contributed by atoms with Gasteiger partial charge in [-0.05, 0) is 64.3 Å². The van der Waals surface area contributed by atoms with E-state index in [9.17, 15) is 0 Å². The average Bonchev–Trinajstić information content (AvgIpc) is 3.27. The Labute approximate surface area is 152 Å². The lowest BCUT2D eigenvalue weighted by Gasteiger charge is -2.31. The van der Waals surface area contributed by atoms with Crippen LogP contribution >= 0.6 is 0 Å². The first-order chi connectivity index (χ1) is 12.7. The average molecular weight is 352 g/mol. The van der Waals surface area contributed by atoms with E-state index in [1.165, 1.54) is 18.5 Å². The minimum absolute atomic E-state index is 0.667. The van der Waals surface area contributed by atoms with Crippen molar-refractivity contribution in [3.8, 4) is 11.3 Å². The van der Waals surface area contributed by atoms with Gasteiger partial charge >= 0.3 is 0 Å². The van der Waals surface area contributed by atoms with Crippen LogP contribution in [0.5, 0.6) is 0 Å². The van der Waals surface area contributed by atoms with Crippen molar-refractivity contribution in [2.24, 2.45) is 5.92 Å². The molecule has 0 radical (unpaired) electrons. The minimum Gasteiger partial charge on any atom is -0.361 e. The lowest BCUT2D eigenvalue weighted by atomic mass is 9.91. The number of hydrogen-bond donors (Lipinski definition) is 1. The first-order valence-electron chi connectivity index (χ1n) is 9.14. The number of aromatic amines is 1. The molecule has 0 bridgehead atoms. The van der Waals surface area contributed by atoms with Gasteiger partial charge in [-0.1, -0.05) is 5.16 Å². The van der Waals surface area contributed by atoms with Crippen molar-refractivity contribution in [2.45, 2.75) is 39.7 Å². The molecule has 0 atom stereocenters. The summed E-state index contributed by atoms with van der Waals surface area (Å²) in [6.45, 7) is 7.06. The molecule has 0 unspecified atom stereocenters. The molecule has 1 aliphatic heterocycles. The molecule has 1 N–H and O–H groups in total. The third-order valence-corrected chi connectivity index (χ3v) is 5.17. The van der Waals surface area contributed by atoms with Crippen LogP contribution in [0.4, 0.5) is 0 Å². The van der Waals surface area contributed by atoms with Gasteiger partial charge in [0.25, 0.3) is 0 Å². The highest BCUT2D eigenvalue weighted by Gasteiger charge is 2.21. The fraction of sp³-hybridized carbons (Fsp3) is 0.474. The fourth-order valence-corrected chi connectivity index (χ4v) is 3.75. The van der Waals surface area contributed by atoms with E-state index in [1.807, 2.05) is 26.1 Å². The van der Waals surface area contributed by atoms with Gasteiger partial charge in [0.2, 0.25) is 0 Å². The Balaban J connectivity index is 1.37. The molecule has 0 amide bonds. The molecule has 26 heavy (non-hydrogen) atoms. The van der Waals surface area contributed by atoms with Crippen LogP contribution in [0.15, 0.2) is 29.2 Å². The van der Waals surface area contributed by atoms with Crippen molar-refractivity contribution in [1.29, 1.82) is 0 Å². The number of piperidine rings is 1. The number of likely N-dealkylation sites (tertiary alicyclic amines) is 1. The summed E-state index contributed by atoms with van der Waals surface area (Å²) in [4.78, 5) is 11.4. The number of nitrogens with one attached hydrogen (secondary N) is 1. The van der Waals surface area contributed by atoms with E-state index in [0.29, 0.717) is 5.92 Å². The first-order valence-corrected chi connectivity index (χ1v) is 9.14. The van der Waals surface area contributed by atoms with E-state index in [2.05, 4.69) is 36.3 Å². The van der Waals surface area contributed by atoms with Crippen molar-refractivity contribution >= 4 is 0 Å². The molecule has 3 aromatic heterocycles. The van der Waals surface area contributed by atoms with Gasteiger partial charge < -0.3 is 4.52 Å². The topological polar surface area (TPSA) is 83.7 Å². The summed E-state index contributed by atoms with van der Waals surface area (Å²) in [5.41, 5.74) is 5.05. The van der Waals surface area contributed by atoms with E-state index in [1.54, 1.807) is 6.33 Å². The molecule has 0 saturated carbocycles. The Morgan fingerprint density at radius 3 is 2.77 bits per heavy atom. The van der Waals surface area contributed by atoms with Crippen molar-refractivity contribution < 1.29 is 4.52 Å². The van der Waals surface area contributed by atoms with E-state index < -0.39 is 0 Å². The van der Waals surface area contributed by atoms with Crippen LogP contribution < -0.4 is 0 Å². The highest BCUT2D eigenvalue weighted by atomic mass is 16.5. The van der Waals surface area contributed by atoms with Gasteiger partial charge in [-0.2, -0.15) is 5.10 Å². The van der Waals surface area contributed by atoms with Gasteiger partial charge in [-0.3, -0.25) is 10.00 Å². The summed E-state index contributed by atoms with van der Waals surface area (Å²) < 4.78 is 5.27. The molecular weight excluding hydrogens is 328 g/mol. The van der Waals surface area contributed by atoms with Gasteiger partial charge in [0.1, 0.15) is 12.1 Å². The number of rotatable bonds is 5. The summed E-state index contributed by atoms with van der Waals surface area (Å²) in [6, 6.07) is 4.13. The van der Waals surface area contributed by atoms with Crippen LogP contribution in [0.1, 0.15) is 35.7 Å². The molecular formula is C19H24N6O. The molecule has 0 spiro atoms. The predicted molar refractivity (Wildman–Crippen MR) is 97.3 cm³/mol. The maximum atomic E-state index is 5.27. The number of nitrogens with zero attached hydrogens (tertiary/aromatic N) is 5. The first kappa shape index (κ1) is 16.9. The zero-order valence-corrected chi connectivity index (χ0v) is 15.3. The molecule has 3 aromatic rings. The number of H-pyrrole nitrogens is 1. The largest absolute Gasteiger partial charge is 0.361 e. The summed E-state index contributed by atoms with van der Waals surface area (Å²) >= 11 is 0. The number of hydrogen-bond acceptors (Lipinski definition) is 6. The third kappa shape index (κ3) is 3.67. The maximum Gasteiger partial charge on any atom is 0.143 e. The van der Waals surface area contributed by atoms with Crippen molar-refractivity contribution in [2.75, 3.05) is 13.1 Å². The molecule has 1 saturated heterocycles. The molecule has 7 heteroatoms. The monoisotopic (exact) mass is 352 g/mol. The highest BCUT2D eigenvalue weighted by molar-refractivity contribution is 5.63. The van der Waals surface area contributed by atoms with Crippen LogP contribution in [0, 0.1) is 19.8 Å². The van der Waals surface area contributed by atoms with Crippen molar-refractivity contribution in [3.63, 3.8) is 0 Å². The maximum absolute atomic E-state index is 5.27. The lowest BCUT2D eigenvalue weighted by molar-refractivity contribution is 0.175. The molecule has 0 aliphatic carbocycles. The second kappa shape index (κ2) is 7.37. The standard InChI is InChI=1S/C19H24N6O/c1-13-19(14(2)26-24-13)18-10-17(20-12-21-18)9-15-4-7-25(8-5-15)11-16-3-6-22-23-16/h3,6,10,12,15H,4-5,7-9,11H2,1-2H3,(H,22,23). The summed E-state index contributed by atoms with van der Waals surface area (Å²) in [6.07, 6.45) is 6.85. The van der Waals surface area contributed by atoms with Gasteiger partial charge in [0.15, 0.2) is 0 Å². The van der Waals surface area contributed by atoms with Crippen molar-refractivity contribution in [3.05, 3.63) is 47.5 Å². The molecule has 1 fully saturated rings. The van der Waals surface area contributed by atoms with Crippen LogP contribution in [0.3, 0.4) is 0 Å². The predicted octanol–water partition coefficient (Wildman–Crippen LogP) is 2.93. The molecule has 4 rings (SSSR count). The second-order valence-corrected chi connectivity index (χ2v) is 7.10. The van der Waals surface area contributed by atoms with Crippen molar-refractivity contribution in [1.82, 2.24) is 30.2 Å². The summed E-state index contributed by atoms with van der Waals surface area (Å²) in [5, 5.41) is 11.1. The molecule has 1 aliphatic rings. The van der Waals surface area contributed by atoms with E-state index >= 15 is 0 Å². The Kier molecular flexibility index (Phi) is 4.79. The minimum atomic E-state index is 0.667. The zero-order valence-electron chi connectivity index (χ0n) is 15.3. The zero-order chi connectivity index (χ0) is 17.9. The Bertz CT molecular complexity index is 829. The molecule has 4 heterocycles. The third-order valence-electron chi connectivity index (χ3n) is 5.17. The summed E-state index contributed by atoms with van der Waals surface area (Å²) in [7, 11) is 0. The SMILES string of the molecule is Cc1noc(C)c1-c1cc(CC2CCN(Cc3ccn[nH]3)CC2)ncn1. The van der Waals surface area contributed by atoms with Gasteiger partial charge in [0, 0.05) is 24.1 Å². The molecule has 7 nitrogen and oxygen atoms in total. The Hall–Kier alpha value is -2.54. The smallest absolute Gasteiger partial charge is 0.143 e. The normalized spacial score (nSPS) is 16.2. The fourth-order valence-electron chi connectivity index (χ4n) is 3.75. The van der Waals surface area contributed by atoms with Crippen LogP contribution in [0.25, 0.3) is 11.3 Å². The van der Waals surface area contributed by atoms with Gasteiger partial charge in [-0.15, -0.1) is 0 Å². The Morgan fingerprint density at radius 2 is 2.08 bits per heavy atom. The van der Waals surface area contributed by atoms with E-state index in [4.69, 9.17) is 4.52 Å². The number of aryl methyl sites for hydroxylation is 2. The summed E-state index contributed by atoms with van der Waals surface area (Å²) in [5.74, 6) is 1.47. The van der Waals surface area contributed by atoms with E-state index in [-0.39, 0.29) is 0 Å². The highest BCUT2D eigenvalue weighted by Crippen LogP contribution is 2.27. The number of aromatic nitrogens is 5. The second-order valence-electron chi connectivity index (χ2n) is 7.10. The van der Waals surface area contributed by atoms with Gasteiger partial charge in [-0.25, -0.2) is 9.97 Å². The van der Waals surface area contributed by atoms with Crippen LogP contribution in [0.2, 0.25) is 0 Å². The molecule has 0 aromatic carbocycles. The molecule has 136 valence electrons. The lowest BCUT2D eigenvalue weighted by Crippen LogP contribution is -2.34. The Morgan fingerprint density at radius 1 is 1.23 bits per heavy atom. The van der Waals surface area contributed by atoms with E-state index in [0.717, 1.165) is 54.5 Å². The van der Waals surface area contributed by atoms with Gasteiger partial charge in [0.05, 0.1) is 17.0 Å². The quantitative estimate of drug-likeness (QED) is 0.760.